The van der Waals surface area contributed by atoms with Gasteiger partial charge in [-0.3, -0.25) is 0 Å². The molecule has 1 aromatic carbocycles. The van der Waals surface area contributed by atoms with E-state index in [1.165, 1.54) is 17.4 Å². The lowest BCUT2D eigenvalue weighted by Gasteiger charge is -2.03. The van der Waals surface area contributed by atoms with E-state index in [0.29, 0.717) is 10.6 Å². The van der Waals surface area contributed by atoms with Crippen molar-refractivity contribution in [2.45, 2.75) is 13.8 Å². The van der Waals surface area contributed by atoms with Crippen LogP contribution in [0.1, 0.15) is 10.7 Å². The monoisotopic (exact) mass is 241 g/mol. The topological polar surface area (TPSA) is 12.9 Å². The van der Waals surface area contributed by atoms with Gasteiger partial charge < -0.3 is 0 Å². The van der Waals surface area contributed by atoms with E-state index in [1.54, 1.807) is 12.1 Å². The summed E-state index contributed by atoms with van der Waals surface area (Å²) in [4.78, 5) is 5.08. The Morgan fingerprint density at radius 2 is 2.07 bits per heavy atom. The zero-order valence-electron chi connectivity index (χ0n) is 8.34. The van der Waals surface area contributed by atoms with Gasteiger partial charge in [0.05, 0.1) is 20.6 Å². The molecule has 0 saturated heterocycles. The first-order valence-electron chi connectivity index (χ1n) is 4.48. The van der Waals surface area contributed by atoms with Crippen LogP contribution in [0.3, 0.4) is 0 Å². The second kappa shape index (κ2) is 3.91. The third kappa shape index (κ3) is 1.90. The molecule has 0 fully saturated rings. The number of nitrogens with zero attached hydrogens (tertiary/aromatic N) is 1. The largest absolute Gasteiger partial charge is 0.246 e. The molecule has 78 valence electrons. The first kappa shape index (κ1) is 10.6. The minimum absolute atomic E-state index is 0.297. The summed E-state index contributed by atoms with van der Waals surface area (Å²) in [5.41, 5.74) is 1.28. The van der Waals surface area contributed by atoms with E-state index in [2.05, 4.69) is 4.98 Å². The molecule has 0 aliphatic rings. The van der Waals surface area contributed by atoms with Crippen LogP contribution in [0.15, 0.2) is 18.2 Å². The molecule has 0 amide bonds. The van der Waals surface area contributed by atoms with Crippen molar-refractivity contribution >= 4 is 22.9 Å². The summed E-state index contributed by atoms with van der Waals surface area (Å²) >= 11 is 7.44. The fourth-order valence-corrected chi connectivity index (χ4v) is 2.77. The van der Waals surface area contributed by atoms with Crippen LogP contribution in [0, 0.1) is 19.7 Å². The molecule has 0 radical (unpaired) electrons. The molecular weight excluding hydrogens is 233 g/mol. The van der Waals surface area contributed by atoms with Gasteiger partial charge in [-0.25, -0.2) is 9.37 Å². The van der Waals surface area contributed by atoms with Gasteiger partial charge in [-0.05, 0) is 26.0 Å². The van der Waals surface area contributed by atoms with Crippen LogP contribution in [0.25, 0.3) is 10.4 Å². The summed E-state index contributed by atoms with van der Waals surface area (Å²) in [5.74, 6) is -0.297. The number of benzene rings is 1. The predicted molar refractivity (Wildman–Crippen MR) is 62.0 cm³/mol. The summed E-state index contributed by atoms with van der Waals surface area (Å²) in [6.45, 7) is 3.76. The van der Waals surface area contributed by atoms with Crippen LogP contribution in [0.2, 0.25) is 5.02 Å². The average Bonchev–Trinajstić information content (AvgIpc) is 2.45. The second-order valence-electron chi connectivity index (χ2n) is 3.24. The van der Waals surface area contributed by atoms with Crippen molar-refractivity contribution in [3.63, 3.8) is 0 Å². The molecular formula is C11H9ClFNS. The molecule has 15 heavy (non-hydrogen) atoms. The maximum atomic E-state index is 13.6. The molecule has 4 heteroatoms. The van der Waals surface area contributed by atoms with E-state index in [9.17, 15) is 4.39 Å². The highest BCUT2D eigenvalue weighted by Crippen LogP contribution is 2.36. The van der Waals surface area contributed by atoms with Gasteiger partial charge in [-0.2, -0.15) is 0 Å². The van der Waals surface area contributed by atoms with E-state index in [0.717, 1.165) is 15.6 Å². The maximum Gasteiger partial charge on any atom is 0.133 e. The number of hydrogen-bond donors (Lipinski definition) is 0. The van der Waals surface area contributed by atoms with Gasteiger partial charge in [0.25, 0.3) is 0 Å². The van der Waals surface area contributed by atoms with Crippen LogP contribution in [-0.4, -0.2) is 4.98 Å². The van der Waals surface area contributed by atoms with Gasteiger partial charge in [-0.15, -0.1) is 11.3 Å². The summed E-state index contributed by atoms with van der Waals surface area (Å²) < 4.78 is 13.6. The number of aryl methyl sites for hydroxylation is 2. The number of hydrogen-bond acceptors (Lipinski definition) is 2. The maximum absolute atomic E-state index is 13.6. The van der Waals surface area contributed by atoms with E-state index in [4.69, 9.17) is 11.6 Å². The molecule has 2 rings (SSSR count). The second-order valence-corrected chi connectivity index (χ2v) is 4.85. The lowest BCUT2D eigenvalue weighted by Crippen LogP contribution is -1.85. The van der Waals surface area contributed by atoms with Crippen LogP contribution in [0.4, 0.5) is 4.39 Å². The summed E-state index contributed by atoms with van der Waals surface area (Å²) in [6, 6.07) is 4.70. The predicted octanol–water partition coefficient (Wildman–Crippen LogP) is 4.22. The number of thiazole rings is 1. The molecule has 1 heterocycles. The van der Waals surface area contributed by atoms with Crippen molar-refractivity contribution in [1.82, 2.24) is 4.98 Å². The molecule has 0 spiro atoms. The lowest BCUT2D eigenvalue weighted by molar-refractivity contribution is 0.631. The standard InChI is InChI=1S/C11H9ClFNS/c1-6-11(15-7(2)14-6)10-8(12)4-3-5-9(10)13/h3-5H,1-2H3. The molecule has 0 unspecified atom stereocenters. The number of rotatable bonds is 1. The van der Waals surface area contributed by atoms with Gasteiger partial charge in [-0.1, -0.05) is 17.7 Å². The minimum Gasteiger partial charge on any atom is -0.246 e. The van der Waals surface area contributed by atoms with Gasteiger partial charge in [0, 0.05) is 5.56 Å². The molecule has 0 aliphatic heterocycles. The first-order valence-corrected chi connectivity index (χ1v) is 5.67. The van der Waals surface area contributed by atoms with Crippen molar-refractivity contribution in [2.24, 2.45) is 0 Å². The molecule has 0 N–H and O–H groups in total. The summed E-state index contributed by atoms with van der Waals surface area (Å²) in [6.07, 6.45) is 0. The normalized spacial score (nSPS) is 10.7. The molecule has 1 nitrogen and oxygen atoms in total. The highest BCUT2D eigenvalue weighted by molar-refractivity contribution is 7.15. The lowest BCUT2D eigenvalue weighted by atomic mass is 10.1. The molecule has 0 atom stereocenters. The third-order valence-corrected chi connectivity index (χ3v) is 3.50. The fourth-order valence-electron chi connectivity index (χ4n) is 1.48. The average molecular weight is 242 g/mol. The Hall–Kier alpha value is -0.930. The SMILES string of the molecule is Cc1nc(C)c(-c2c(F)cccc2Cl)s1. The number of halogens is 2. The Kier molecular flexibility index (Phi) is 2.76. The van der Waals surface area contributed by atoms with E-state index in [1.807, 2.05) is 13.8 Å². The zero-order chi connectivity index (χ0) is 11.0. The molecule has 1 aromatic heterocycles. The Balaban J connectivity index is 2.68. The van der Waals surface area contributed by atoms with Crippen molar-refractivity contribution in [3.05, 3.63) is 39.7 Å². The van der Waals surface area contributed by atoms with Crippen molar-refractivity contribution in [3.8, 4) is 10.4 Å². The van der Waals surface area contributed by atoms with Crippen molar-refractivity contribution in [1.29, 1.82) is 0 Å². The van der Waals surface area contributed by atoms with Crippen LogP contribution in [-0.2, 0) is 0 Å². The van der Waals surface area contributed by atoms with Gasteiger partial charge in [0.1, 0.15) is 5.82 Å². The molecule has 0 saturated carbocycles. The van der Waals surface area contributed by atoms with Crippen LogP contribution >= 0.6 is 22.9 Å². The molecule has 0 bridgehead atoms. The Bertz CT molecular complexity index is 487. The zero-order valence-corrected chi connectivity index (χ0v) is 9.92. The summed E-state index contributed by atoms with van der Waals surface area (Å²) in [7, 11) is 0. The Labute approximate surface area is 96.5 Å². The smallest absolute Gasteiger partial charge is 0.133 e. The van der Waals surface area contributed by atoms with Gasteiger partial charge in [0.15, 0.2) is 0 Å². The van der Waals surface area contributed by atoms with Gasteiger partial charge in [0.2, 0.25) is 0 Å². The molecule has 2 aromatic rings. The quantitative estimate of drug-likeness (QED) is 0.729. The van der Waals surface area contributed by atoms with Crippen molar-refractivity contribution in [2.75, 3.05) is 0 Å². The Morgan fingerprint density at radius 3 is 2.60 bits per heavy atom. The molecule has 0 aliphatic carbocycles. The fraction of sp³-hybridized carbons (Fsp3) is 0.182. The Morgan fingerprint density at radius 1 is 1.33 bits per heavy atom. The van der Waals surface area contributed by atoms with Gasteiger partial charge >= 0.3 is 0 Å². The highest BCUT2D eigenvalue weighted by Gasteiger charge is 2.14. The summed E-state index contributed by atoms with van der Waals surface area (Å²) in [5, 5.41) is 1.35. The highest BCUT2D eigenvalue weighted by atomic mass is 35.5. The van der Waals surface area contributed by atoms with Crippen molar-refractivity contribution < 1.29 is 4.39 Å². The number of aromatic nitrogens is 1. The minimum atomic E-state index is -0.297. The van der Waals surface area contributed by atoms with Crippen LogP contribution in [0.5, 0.6) is 0 Å². The van der Waals surface area contributed by atoms with E-state index in [-0.39, 0.29) is 5.82 Å². The first-order chi connectivity index (χ1) is 7.09. The van der Waals surface area contributed by atoms with Crippen LogP contribution < -0.4 is 0 Å². The van der Waals surface area contributed by atoms with E-state index < -0.39 is 0 Å². The third-order valence-electron chi connectivity index (χ3n) is 2.09. The van der Waals surface area contributed by atoms with E-state index >= 15 is 0 Å².